The zero-order valence-electron chi connectivity index (χ0n) is 11.0. The van der Waals surface area contributed by atoms with E-state index in [4.69, 9.17) is 15.6 Å². The van der Waals surface area contributed by atoms with E-state index in [0.29, 0.717) is 12.2 Å². The molecule has 0 aliphatic heterocycles. The Kier molecular flexibility index (Phi) is 5.32. The summed E-state index contributed by atoms with van der Waals surface area (Å²) in [5, 5.41) is 11.6. The van der Waals surface area contributed by atoms with Gasteiger partial charge >= 0.3 is 5.97 Å². The first kappa shape index (κ1) is 15.0. The average Bonchev–Trinajstić information content (AvgIpc) is 2.38. The van der Waals surface area contributed by atoms with Gasteiger partial charge in [0, 0.05) is 6.07 Å². The van der Waals surface area contributed by atoms with Crippen molar-refractivity contribution in [3.8, 4) is 5.75 Å². The van der Waals surface area contributed by atoms with Crippen LogP contribution in [-0.4, -0.2) is 30.1 Å². The number of carboxylic acid groups (broad SMARTS) is 1. The molecule has 0 radical (unpaired) electrons. The number of hydrogen-bond acceptors (Lipinski definition) is 4. The quantitative estimate of drug-likeness (QED) is 0.723. The summed E-state index contributed by atoms with van der Waals surface area (Å²) in [5.74, 6) is -1.07. The van der Waals surface area contributed by atoms with Gasteiger partial charge in [-0.1, -0.05) is 13.3 Å². The van der Waals surface area contributed by atoms with Gasteiger partial charge < -0.3 is 20.9 Å². The second-order valence-corrected chi connectivity index (χ2v) is 4.10. The summed E-state index contributed by atoms with van der Waals surface area (Å²) in [4.78, 5) is 22.9. The Morgan fingerprint density at radius 3 is 2.68 bits per heavy atom. The van der Waals surface area contributed by atoms with Crippen molar-refractivity contribution in [1.82, 2.24) is 0 Å². The molecular formula is C13H18N2O4. The van der Waals surface area contributed by atoms with Gasteiger partial charge in [-0.25, -0.2) is 4.79 Å². The predicted octanol–water partition coefficient (Wildman–Crippen LogP) is 1.46. The van der Waals surface area contributed by atoms with Crippen molar-refractivity contribution in [2.45, 2.75) is 25.8 Å². The van der Waals surface area contributed by atoms with Crippen LogP contribution in [0.15, 0.2) is 18.2 Å². The molecule has 0 aliphatic rings. The molecule has 4 N–H and O–H groups in total. The number of benzene rings is 1. The van der Waals surface area contributed by atoms with Gasteiger partial charge in [0.15, 0.2) is 0 Å². The molecule has 0 fully saturated rings. The molecule has 0 saturated heterocycles. The highest BCUT2D eigenvalue weighted by molar-refractivity contribution is 6.02. The minimum atomic E-state index is -1.12. The summed E-state index contributed by atoms with van der Waals surface area (Å²) < 4.78 is 5.00. The highest BCUT2D eigenvalue weighted by Gasteiger charge is 2.17. The lowest BCUT2D eigenvalue weighted by Crippen LogP contribution is -2.35. The molecule has 0 aromatic heterocycles. The summed E-state index contributed by atoms with van der Waals surface area (Å²) in [6.45, 7) is 1.92. The lowest BCUT2D eigenvalue weighted by molar-refractivity contribution is -0.117. The van der Waals surface area contributed by atoms with E-state index >= 15 is 0 Å². The minimum Gasteiger partial charge on any atom is -0.497 e. The third-order valence-electron chi connectivity index (χ3n) is 2.65. The second-order valence-electron chi connectivity index (χ2n) is 4.10. The van der Waals surface area contributed by atoms with Crippen molar-refractivity contribution >= 4 is 17.6 Å². The van der Waals surface area contributed by atoms with Gasteiger partial charge in [0.1, 0.15) is 5.75 Å². The number of nitrogens with one attached hydrogen (secondary N) is 1. The van der Waals surface area contributed by atoms with E-state index in [0.717, 1.165) is 6.42 Å². The highest BCUT2D eigenvalue weighted by Crippen LogP contribution is 2.22. The maximum Gasteiger partial charge on any atom is 0.337 e. The SMILES string of the molecule is CCC[C@@H](N)C(=O)Nc1cc(OC)ccc1C(=O)O. The van der Waals surface area contributed by atoms with Crippen molar-refractivity contribution < 1.29 is 19.4 Å². The molecule has 1 amide bonds. The number of ether oxygens (including phenoxy) is 1. The van der Waals surface area contributed by atoms with Gasteiger partial charge in [0.05, 0.1) is 24.4 Å². The van der Waals surface area contributed by atoms with Crippen molar-refractivity contribution in [2.75, 3.05) is 12.4 Å². The number of hydrogen-bond donors (Lipinski definition) is 3. The number of aromatic carboxylic acids is 1. The molecule has 0 spiro atoms. The molecule has 0 saturated carbocycles. The van der Waals surface area contributed by atoms with Crippen LogP contribution in [0.3, 0.4) is 0 Å². The molecule has 104 valence electrons. The molecule has 0 bridgehead atoms. The topological polar surface area (TPSA) is 102 Å². The number of amides is 1. The minimum absolute atomic E-state index is 0.00199. The Hall–Kier alpha value is -2.08. The van der Waals surface area contributed by atoms with E-state index in [-0.39, 0.29) is 11.3 Å². The normalized spacial score (nSPS) is 11.7. The standard InChI is InChI=1S/C13H18N2O4/c1-3-4-10(14)12(16)15-11-7-8(19-2)5-6-9(11)13(17)18/h5-7,10H,3-4,14H2,1-2H3,(H,15,16)(H,17,18)/t10-/m1/s1. The maximum atomic E-state index is 11.8. The van der Waals surface area contributed by atoms with Gasteiger partial charge in [-0.15, -0.1) is 0 Å². The number of carbonyl (C=O) groups is 2. The van der Waals surface area contributed by atoms with E-state index in [1.807, 2.05) is 6.92 Å². The fraction of sp³-hybridized carbons (Fsp3) is 0.385. The maximum absolute atomic E-state index is 11.8. The average molecular weight is 266 g/mol. The van der Waals surface area contributed by atoms with Crippen LogP contribution in [0.25, 0.3) is 0 Å². The van der Waals surface area contributed by atoms with Gasteiger partial charge in [-0.3, -0.25) is 4.79 Å². The molecule has 19 heavy (non-hydrogen) atoms. The van der Waals surface area contributed by atoms with Crippen molar-refractivity contribution in [3.63, 3.8) is 0 Å². The molecule has 1 aromatic carbocycles. The van der Waals surface area contributed by atoms with Crippen LogP contribution >= 0.6 is 0 Å². The summed E-state index contributed by atoms with van der Waals surface area (Å²) >= 11 is 0. The summed E-state index contributed by atoms with van der Waals surface area (Å²) in [6, 6.07) is 3.70. The Morgan fingerprint density at radius 2 is 2.16 bits per heavy atom. The van der Waals surface area contributed by atoms with E-state index < -0.39 is 17.9 Å². The first-order valence-corrected chi connectivity index (χ1v) is 5.97. The number of carboxylic acids is 1. The summed E-state index contributed by atoms with van der Waals surface area (Å²) in [7, 11) is 1.46. The molecule has 6 nitrogen and oxygen atoms in total. The lowest BCUT2D eigenvalue weighted by Gasteiger charge is -2.13. The number of carbonyl (C=O) groups excluding carboxylic acids is 1. The van der Waals surface area contributed by atoms with E-state index in [1.54, 1.807) is 0 Å². The Morgan fingerprint density at radius 1 is 1.47 bits per heavy atom. The van der Waals surface area contributed by atoms with Crippen LogP contribution in [0.5, 0.6) is 5.75 Å². The van der Waals surface area contributed by atoms with Crippen LogP contribution in [-0.2, 0) is 4.79 Å². The Labute approximate surface area is 111 Å². The second kappa shape index (κ2) is 6.75. The van der Waals surface area contributed by atoms with Crippen molar-refractivity contribution in [1.29, 1.82) is 0 Å². The smallest absolute Gasteiger partial charge is 0.337 e. The van der Waals surface area contributed by atoms with Gasteiger partial charge in [-0.05, 0) is 18.6 Å². The number of rotatable bonds is 6. The van der Waals surface area contributed by atoms with Crippen LogP contribution in [0.4, 0.5) is 5.69 Å². The molecule has 1 aromatic rings. The largest absolute Gasteiger partial charge is 0.497 e. The van der Waals surface area contributed by atoms with Gasteiger partial charge in [0.25, 0.3) is 0 Å². The van der Waals surface area contributed by atoms with E-state index in [2.05, 4.69) is 5.32 Å². The molecular weight excluding hydrogens is 248 g/mol. The first-order chi connectivity index (χ1) is 8.99. The van der Waals surface area contributed by atoms with Gasteiger partial charge in [-0.2, -0.15) is 0 Å². The number of methoxy groups -OCH3 is 1. The van der Waals surface area contributed by atoms with Crippen molar-refractivity contribution in [2.24, 2.45) is 5.73 Å². The zero-order valence-corrected chi connectivity index (χ0v) is 11.0. The van der Waals surface area contributed by atoms with Crippen LogP contribution < -0.4 is 15.8 Å². The van der Waals surface area contributed by atoms with Crippen LogP contribution in [0.2, 0.25) is 0 Å². The van der Waals surface area contributed by atoms with E-state index in [1.165, 1.54) is 25.3 Å². The molecule has 0 unspecified atom stereocenters. The van der Waals surface area contributed by atoms with Crippen LogP contribution in [0.1, 0.15) is 30.1 Å². The lowest BCUT2D eigenvalue weighted by atomic mass is 10.1. The highest BCUT2D eigenvalue weighted by atomic mass is 16.5. The number of nitrogens with two attached hydrogens (primary N) is 1. The fourth-order valence-electron chi connectivity index (χ4n) is 1.61. The van der Waals surface area contributed by atoms with Gasteiger partial charge in [0.2, 0.25) is 5.91 Å². The van der Waals surface area contributed by atoms with Crippen LogP contribution in [0, 0.1) is 0 Å². The Balaban J connectivity index is 2.97. The fourth-order valence-corrected chi connectivity index (χ4v) is 1.61. The first-order valence-electron chi connectivity index (χ1n) is 5.97. The predicted molar refractivity (Wildman–Crippen MR) is 71.5 cm³/mol. The third kappa shape index (κ3) is 3.96. The molecule has 6 heteroatoms. The van der Waals surface area contributed by atoms with E-state index in [9.17, 15) is 9.59 Å². The monoisotopic (exact) mass is 266 g/mol. The molecule has 1 atom stereocenters. The third-order valence-corrected chi connectivity index (χ3v) is 2.65. The number of anilines is 1. The molecule has 0 aliphatic carbocycles. The molecule has 0 heterocycles. The summed E-state index contributed by atoms with van der Waals surface area (Å²) in [5.41, 5.74) is 5.86. The zero-order chi connectivity index (χ0) is 14.4. The summed E-state index contributed by atoms with van der Waals surface area (Å²) in [6.07, 6.45) is 1.32. The van der Waals surface area contributed by atoms with Crippen molar-refractivity contribution in [3.05, 3.63) is 23.8 Å². The molecule has 1 rings (SSSR count). The Bertz CT molecular complexity index is 474.